The molecule has 0 atom stereocenters. The Morgan fingerprint density at radius 3 is 2.43 bits per heavy atom. The summed E-state index contributed by atoms with van der Waals surface area (Å²) in [6, 6.07) is 14.5. The fraction of sp³-hybridized carbons (Fsp3) is 0.176. The van der Waals surface area contributed by atoms with Crippen LogP contribution in [0.5, 0.6) is 0 Å². The molecular weight excluding hydrogens is 314 g/mol. The van der Waals surface area contributed by atoms with Crippen molar-refractivity contribution in [3.8, 4) is 0 Å². The van der Waals surface area contributed by atoms with Crippen LogP contribution in [0.4, 0.5) is 11.4 Å². The SMILES string of the molecule is CC(=O)Nc1cccc(NCC(=O)NCc2ccc(Cl)cc2)c1. The average Bonchev–Trinajstić information content (AvgIpc) is 2.52. The van der Waals surface area contributed by atoms with Gasteiger partial charge in [0.25, 0.3) is 0 Å². The van der Waals surface area contributed by atoms with Crippen LogP contribution in [0.2, 0.25) is 5.02 Å². The first kappa shape index (κ1) is 16.8. The third kappa shape index (κ3) is 6.00. The van der Waals surface area contributed by atoms with E-state index in [-0.39, 0.29) is 18.4 Å². The van der Waals surface area contributed by atoms with Crippen LogP contribution >= 0.6 is 11.6 Å². The van der Waals surface area contributed by atoms with Crippen molar-refractivity contribution in [1.29, 1.82) is 0 Å². The quantitative estimate of drug-likeness (QED) is 0.762. The molecule has 5 nitrogen and oxygen atoms in total. The number of carbonyl (C=O) groups excluding carboxylic acids is 2. The number of hydrogen-bond acceptors (Lipinski definition) is 3. The molecule has 2 amide bonds. The van der Waals surface area contributed by atoms with Gasteiger partial charge in [-0.05, 0) is 35.9 Å². The summed E-state index contributed by atoms with van der Waals surface area (Å²) in [4.78, 5) is 22.9. The molecule has 0 spiro atoms. The second-order valence-corrected chi connectivity index (χ2v) is 5.46. The van der Waals surface area contributed by atoms with Crippen molar-refractivity contribution in [2.75, 3.05) is 17.2 Å². The topological polar surface area (TPSA) is 70.2 Å². The summed E-state index contributed by atoms with van der Waals surface area (Å²) < 4.78 is 0. The highest BCUT2D eigenvalue weighted by atomic mass is 35.5. The monoisotopic (exact) mass is 331 g/mol. The number of rotatable bonds is 6. The first-order valence-electron chi connectivity index (χ1n) is 7.15. The van der Waals surface area contributed by atoms with Gasteiger partial charge in [-0.2, -0.15) is 0 Å². The summed E-state index contributed by atoms with van der Waals surface area (Å²) in [5.41, 5.74) is 2.43. The molecule has 23 heavy (non-hydrogen) atoms. The number of nitrogens with one attached hydrogen (secondary N) is 3. The van der Waals surface area contributed by atoms with Crippen molar-refractivity contribution in [1.82, 2.24) is 5.32 Å². The summed E-state index contributed by atoms with van der Waals surface area (Å²) in [5, 5.41) is 9.20. The van der Waals surface area contributed by atoms with Gasteiger partial charge < -0.3 is 16.0 Å². The van der Waals surface area contributed by atoms with Crippen LogP contribution in [0.25, 0.3) is 0 Å². The minimum absolute atomic E-state index is 0.120. The smallest absolute Gasteiger partial charge is 0.239 e. The van der Waals surface area contributed by atoms with Gasteiger partial charge in [-0.25, -0.2) is 0 Å². The molecule has 0 heterocycles. The average molecular weight is 332 g/mol. The lowest BCUT2D eigenvalue weighted by molar-refractivity contribution is -0.119. The second-order valence-electron chi connectivity index (χ2n) is 5.02. The lowest BCUT2D eigenvalue weighted by atomic mass is 10.2. The largest absolute Gasteiger partial charge is 0.376 e. The lowest BCUT2D eigenvalue weighted by Crippen LogP contribution is -2.29. The number of anilines is 2. The normalized spacial score (nSPS) is 10.0. The van der Waals surface area contributed by atoms with Gasteiger partial charge in [0.15, 0.2) is 0 Å². The van der Waals surface area contributed by atoms with E-state index in [2.05, 4.69) is 16.0 Å². The Bertz CT molecular complexity index is 686. The molecule has 0 aliphatic rings. The van der Waals surface area contributed by atoms with E-state index in [1.807, 2.05) is 18.2 Å². The van der Waals surface area contributed by atoms with Gasteiger partial charge in [0.05, 0.1) is 6.54 Å². The molecule has 0 saturated carbocycles. The molecule has 0 aromatic heterocycles. The number of halogens is 1. The molecule has 2 rings (SSSR count). The maximum atomic E-state index is 11.8. The Labute approximate surface area is 140 Å². The fourth-order valence-corrected chi connectivity index (χ4v) is 2.08. The van der Waals surface area contributed by atoms with Gasteiger partial charge >= 0.3 is 0 Å². The van der Waals surface area contributed by atoms with Crippen molar-refractivity contribution >= 4 is 34.8 Å². The summed E-state index contributed by atoms with van der Waals surface area (Å²) in [7, 11) is 0. The molecule has 6 heteroatoms. The zero-order valence-corrected chi connectivity index (χ0v) is 13.5. The summed E-state index contributed by atoms with van der Waals surface area (Å²) >= 11 is 5.81. The van der Waals surface area contributed by atoms with Crippen molar-refractivity contribution in [3.05, 3.63) is 59.1 Å². The number of amides is 2. The zero-order chi connectivity index (χ0) is 16.7. The van der Waals surface area contributed by atoms with Crippen molar-refractivity contribution in [3.63, 3.8) is 0 Å². The number of benzene rings is 2. The Morgan fingerprint density at radius 1 is 1.04 bits per heavy atom. The van der Waals surface area contributed by atoms with Gasteiger partial charge in [-0.15, -0.1) is 0 Å². The highest BCUT2D eigenvalue weighted by Gasteiger charge is 2.03. The van der Waals surface area contributed by atoms with Gasteiger partial charge in [-0.1, -0.05) is 29.8 Å². The van der Waals surface area contributed by atoms with Crippen LogP contribution in [-0.4, -0.2) is 18.4 Å². The molecule has 2 aromatic carbocycles. The molecule has 0 radical (unpaired) electrons. The molecule has 0 saturated heterocycles. The van der Waals surface area contributed by atoms with E-state index in [0.717, 1.165) is 11.3 Å². The Kier molecular flexibility index (Phi) is 6.00. The zero-order valence-electron chi connectivity index (χ0n) is 12.7. The van der Waals surface area contributed by atoms with Crippen LogP contribution in [0.3, 0.4) is 0 Å². The van der Waals surface area contributed by atoms with Crippen molar-refractivity contribution in [2.24, 2.45) is 0 Å². The minimum Gasteiger partial charge on any atom is -0.376 e. The maximum absolute atomic E-state index is 11.8. The lowest BCUT2D eigenvalue weighted by Gasteiger charge is -2.09. The third-order valence-electron chi connectivity index (χ3n) is 3.04. The van der Waals surface area contributed by atoms with Gasteiger partial charge in [-0.3, -0.25) is 9.59 Å². The van der Waals surface area contributed by atoms with Crippen molar-refractivity contribution in [2.45, 2.75) is 13.5 Å². The van der Waals surface area contributed by atoms with E-state index in [1.54, 1.807) is 30.3 Å². The van der Waals surface area contributed by atoms with Gasteiger partial charge in [0.2, 0.25) is 11.8 Å². The van der Waals surface area contributed by atoms with Gasteiger partial charge in [0, 0.05) is 29.9 Å². The predicted octanol–water partition coefficient (Wildman–Crippen LogP) is 3.03. The highest BCUT2D eigenvalue weighted by molar-refractivity contribution is 6.30. The fourth-order valence-electron chi connectivity index (χ4n) is 1.96. The standard InChI is InChI=1S/C17H18ClN3O2/c1-12(22)21-16-4-2-3-15(9-16)19-11-17(23)20-10-13-5-7-14(18)8-6-13/h2-9,19H,10-11H2,1H3,(H,20,23)(H,21,22). The summed E-state index contributed by atoms with van der Waals surface area (Å²) in [6.45, 7) is 2.05. The molecule has 2 aromatic rings. The number of hydrogen-bond donors (Lipinski definition) is 3. The van der Waals surface area contributed by atoms with Crippen molar-refractivity contribution < 1.29 is 9.59 Å². The van der Waals surface area contributed by atoms with E-state index in [1.165, 1.54) is 6.92 Å². The van der Waals surface area contributed by atoms with Crippen LogP contribution < -0.4 is 16.0 Å². The van der Waals surface area contributed by atoms with E-state index in [4.69, 9.17) is 11.6 Å². The first-order chi connectivity index (χ1) is 11.0. The molecule has 0 aliphatic carbocycles. The molecule has 0 bridgehead atoms. The molecule has 0 aliphatic heterocycles. The van der Waals surface area contributed by atoms with Crippen LogP contribution in [-0.2, 0) is 16.1 Å². The Balaban J connectivity index is 1.80. The van der Waals surface area contributed by atoms with Crippen LogP contribution in [0.15, 0.2) is 48.5 Å². The minimum atomic E-state index is -0.136. The Morgan fingerprint density at radius 2 is 1.74 bits per heavy atom. The third-order valence-corrected chi connectivity index (χ3v) is 3.29. The van der Waals surface area contributed by atoms with Gasteiger partial charge in [0.1, 0.15) is 0 Å². The predicted molar refractivity (Wildman–Crippen MR) is 92.5 cm³/mol. The van der Waals surface area contributed by atoms with E-state index in [9.17, 15) is 9.59 Å². The molecule has 0 fully saturated rings. The second kappa shape index (κ2) is 8.19. The van der Waals surface area contributed by atoms with E-state index in [0.29, 0.717) is 17.3 Å². The van der Waals surface area contributed by atoms with Crippen LogP contribution in [0.1, 0.15) is 12.5 Å². The molecule has 0 unspecified atom stereocenters. The first-order valence-corrected chi connectivity index (χ1v) is 7.53. The number of carbonyl (C=O) groups is 2. The van der Waals surface area contributed by atoms with E-state index < -0.39 is 0 Å². The van der Waals surface area contributed by atoms with Crippen LogP contribution in [0, 0.1) is 0 Å². The molecule has 120 valence electrons. The summed E-state index contributed by atoms with van der Waals surface area (Å²) in [5.74, 6) is -0.257. The highest BCUT2D eigenvalue weighted by Crippen LogP contribution is 2.14. The molecule has 3 N–H and O–H groups in total. The maximum Gasteiger partial charge on any atom is 0.239 e. The Hall–Kier alpha value is -2.53. The summed E-state index contributed by atoms with van der Waals surface area (Å²) in [6.07, 6.45) is 0. The van der Waals surface area contributed by atoms with E-state index >= 15 is 0 Å². The molecular formula is C17H18ClN3O2.